The zero-order chi connectivity index (χ0) is 8.81. The molecule has 5 nitrogen and oxygen atoms in total. The van der Waals surface area contributed by atoms with Gasteiger partial charge in [-0.1, -0.05) is 0 Å². The van der Waals surface area contributed by atoms with Gasteiger partial charge in [0.1, 0.15) is 0 Å². The lowest BCUT2D eigenvalue weighted by Crippen LogP contribution is -2.23. The maximum absolute atomic E-state index is 5.16. The number of H-pyrrole nitrogens is 1. The van der Waals surface area contributed by atoms with Gasteiger partial charge in [-0.3, -0.25) is 4.99 Å². The minimum atomic E-state index is 0. The van der Waals surface area contributed by atoms with Gasteiger partial charge in [-0.15, -0.1) is 24.8 Å². The highest BCUT2D eigenvalue weighted by molar-refractivity contribution is 5.85. The Kier molecular flexibility index (Phi) is 9.59. The molecule has 0 fully saturated rings. The molecule has 0 saturated heterocycles. The van der Waals surface area contributed by atoms with Crippen molar-refractivity contribution in [3.8, 4) is 0 Å². The summed E-state index contributed by atoms with van der Waals surface area (Å²) in [5.74, 6) is 0.152. The van der Waals surface area contributed by atoms with E-state index in [4.69, 9.17) is 11.5 Å². The molecule has 0 spiro atoms. The molecule has 0 aliphatic rings. The molecule has 1 rings (SSSR count). The summed E-state index contributed by atoms with van der Waals surface area (Å²) in [7, 11) is 0. The van der Waals surface area contributed by atoms with Crippen molar-refractivity contribution in [2.45, 2.75) is 12.8 Å². The first kappa shape index (κ1) is 15.5. The fraction of sp³-hybridized carbons (Fsp3) is 0.429. The van der Waals surface area contributed by atoms with E-state index in [9.17, 15) is 0 Å². The van der Waals surface area contributed by atoms with Crippen LogP contribution in [-0.4, -0.2) is 22.5 Å². The van der Waals surface area contributed by atoms with Crippen LogP contribution in [0.25, 0.3) is 0 Å². The zero-order valence-electron chi connectivity index (χ0n) is 7.64. The lowest BCUT2D eigenvalue weighted by Gasteiger charge is -1.94. The van der Waals surface area contributed by atoms with Crippen LogP contribution in [0.15, 0.2) is 17.5 Å². The van der Waals surface area contributed by atoms with Crippen LogP contribution in [0, 0.1) is 0 Å². The van der Waals surface area contributed by atoms with Crippen molar-refractivity contribution in [2.75, 3.05) is 6.54 Å². The van der Waals surface area contributed by atoms with Crippen molar-refractivity contribution >= 4 is 30.8 Å². The predicted molar refractivity (Wildman–Crippen MR) is 62.1 cm³/mol. The summed E-state index contributed by atoms with van der Waals surface area (Å²) in [6, 6.07) is 0. The lowest BCUT2D eigenvalue weighted by atomic mass is 10.2. The molecule has 82 valence electrons. The van der Waals surface area contributed by atoms with E-state index in [1.807, 2.05) is 0 Å². The number of hydrogen-bond donors (Lipinski definition) is 3. The Bertz CT molecular complexity index is 243. The van der Waals surface area contributed by atoms with Crippen molar-refractivity contribution < 1.29 is 0 Å². The van der Waals surface area contributed by atoms with Crippen LogP contribution in [0.2, 0.25) is 0 Å². The minimum absolute atomic E-state index is 0. The number of nitrogens with two attached hydrogens (primary N) is 2. The van der Waals surface area contributed by atoms with Crippen LogP contribution in [0.1, 0.15) is 12.1 Å². The molecule has 0 amide bonds. The van der Waals surface area contributed by atoms with Crippen molar-refractivity contribution in [2.24, 2.45) is 16.5 Å². The summed E-state index contributed by atoms with van der Waals surface area (Å²) in [6.45, 7) is 0.668. The second kappa shape index (κ2) is 8.65. The number of imidazole rings is 1. The molecule has 7 heteroatoms. The van der Waals surface area contributed by atoms with Gasteiger partial charge in [0.2, 0.25) is 0 Å². The normalized spacial score (nSPS) is 8.29. The average molecular weight is 240 g/mol. The third-order valence-corrected chi connectivity index (χ3v) is 1.45. The third kappa shape index (κ3) is 6.56. The van der Waals surface area contributed by atoms with Gasteiger partial charge in [0.15, 0.2) is 5.96 Å². The third-order valence-electron chi connectivity index (χ3n) is 1.45. The molecule has 0 radical (unpaired) electrons. The van der Waals surface area contributed by atoms with Gasteiger partial charge in [0.05, 0.1) is 6.33 Å². The average Bonchev–Trinajstić information content (AvgIpc) is 2.49. The number of halogens is 2. The Morgan fingerprint density at radius 1 is 1.43 bits per heavy atom. The lowest BCUT2D eigenvalue weighted by molar-refractivity contribution is 0.814. The SMILES string of the molecule is Cl.Cl.NC(N)=NCCCc1cnc[nH]1. The quantitative estimate of drug-likeness (QED) is 0.405. The van der Waals surface area contributed by atoms with Gasteiger partial charge >= 0.3 is 0 Å². The molecular formula is C7H15Cl2N5. The Labute approximate surface area is 95.2 Å². The van der Waals surface area contributed by atoms with Crippen molar-refractivity contribution in [1.82, 2.24) is 9.97 Å². The molecule has 1 heterocycles. The van der Waals surface area contributed by atoms with E-state index >= 15 is 0 Å². The number of guanidine groups is 1. The summed E-state index contributed by atoms with van der Waals surface area (Å²) >= 11 is 0. The van der Waals surface area contributed by atoms with Crippen molar-refractivity contribution in [3.05, 3.63) is 18.2 Å². The fourth-order valence-electron chi connectivity index (χ4n) is 0.899. The first-order chi connectivity index (χ1) is 5.79. The van der Waals surface area contributed by atoms with Crippen molar-refractivity contribution in [3.63, 3.8) is 0 Å². The summed E-state index contributed by atoms with van der Waals surface area (Å²) in [5.41, 5.74) is 11.4. The monoisotopic (exact) mass is 239 g/mol. The molecule has 0 saturated carbocycles. The number of aryl methyl sites for hydroxylation is 1. The van der Waals surface area contributed by atoms with E-state index in [0.717, 1.165) is 18.5 Å². The number of nitrogens with zero attached hydrogens (tertiary/aromatic N) is 2. The molecule has 5 N–H and O–H groups in total. The predicted octanol–water partition coefficient (Wildman–Crippen LogP) is 0.459. The number of aromatic nitrogens is 2. The first-order valence-electron chi connectivity index (χ1n) is 3.81. The maximum atomic E-state index is 5.16. The van der Waals surface area contributed by atoms with Crippen molar-refractivity contribution in [1.29, 1.82) is 0 Å². The molecule has 14 heavy (non-hydrogen) atoms. The molecule has 0 aliphatic carbocycles. The summed E-state index contributed by atoms with van der Waals surface area (Å²) < 4.78 is 0. The molecule has 0 aliphatic heterocycles. The van der Waals surface area contributed by atoms with E-state index < -0.39 is 0 Å². The summed E-state index contributed by atoms with van der Waals surface area (Å²) in [4.78, 5) is 10.8. The van der Waals surface area contributed by atoms with E-state index in [1.165, 1.54) is 0 Å². The first-order valence-corrected chi connectivity index (χ1v) is 3.81. The topological polar surface area (TPSA) is 93.1 Å². The second-order valence-corrected chi connectivity index (χ2v) is 2.49. The van der Waals surface area contributed by atoms with Crippen LogP contribution in [0.3, 0.4) is 0 Å². The molecule has 1 aromatic heterocycles. The highest BCUT2D eigenvalue weighted by atomic mass is 35.5. The number of rotatable bonds is 4. The van der Waals surface area contributed by atoms with Gasteiger partial charge in [-0.25, -0.2) is 4.98 Å². The Balaban J connectivity index is 0. The van der Waals surface area contributed by atoms with Gasteiger partial charge < -0.3 is 16.5 Å². The molecule has 0 unspecified atom stereocenters. The van der Waals surface area contributed by atoms with Gasteiger partial charge in [-0.2, -0.15) is 0 Å². The van der Waals surface area contributed by atoms with E-state index in [-0.39, 0.29) is 30.8 Å². The molecule has 0 aromatic carbocycles. The molecular weight excluding hydrogens is 225 g/mol. The standard InChI is InChI=1S/C7H13N5.2ClH/c8-7(9)11-3-1-2-6-4-10-5-12-6;;/h4-5H,1-3H2,(H,10,12)(H4,8,9,11);2*1H. The van der Waals surface area contributed by atoms with Crippen LogP contribution >= 0.6 is 24.8 Å². The molecule has 0 bridgehead atoms. The second-order valence-electron chi connectivity index (χ2n) is 2.49. The Morgan fingerprint density at radius 2 is 2.14 bits per heavy atom. The Morgan fingerprint density at radius 3 is 2.64 bits per heavy atom. The van der Waals surface area contributed by atoms with Crippen LogP contribution in [-0.2, 0) is 6.42 Å². The number of hydrogen-bond acceptors (Lipinski definition) is 2. The van der Waals surface area contributed by atoms with E-state index in [0.29, 0.717) is 6.54 Å². The molecule has 1 aromatic rings. The largest absolute Gasteiger partial charge is 0.370 e. The summed E-state index contributed by atoms with van der Waals surface area (Å²) in [5, 5.41) is 0. The van der Waals surface area contributed by atoms with Crippen LogP contribution < -0.4 is 11.5 Å². The fourth-order valence-corrected chi connectivity index (χ4v) is 0.899. The number of aromatic amines is 1. The molecule has 0 atom stereocenters. The van der Waals surface area contributed by atoms with Gasteiger partial charge in [-0.05, 0) is 12.8 Å². The highest BCUT2D eigenvalue weighted by Gasteiger charge is 1.92. The van der Waals surface area contributed by atoms with E-state index in [2.05, 4.69) is 15.0 Å². The minimum Gasteiger partial charge on any atom is -0.370 e. The van der Waals surface area contributed by atoms with Crippen LogP contribution in [0.4, 0.5) is 0 Å². The highest BCUT2D eigenvalue weighted by Crippen LogP contribution is 1.96. The maximum Gasteiger partial charge on any atom is 0.185 e. The Hall–Kier alpha value is -0.940. The van der Waals surface area contributed by atoms with Gasteiger partial charge in [0.25, 0.3) is 0 Å². The zero-order valence-corrected chi connectivity index (χ0v) is 9.27. The number of aliphatic imine (C=N–C) groups is 1. The smallest absolute Gasteiger partial charge is 0.185 e. The van der Waals surface area contributed by atoms with Gasteiger partial charge in [0, 0.05) is 18.4 Å². The summed E-state index contributed by atoms with van der Waals surface area (Å²) in [6.07, 6.45) is 5.32. The number of nitrogens with one attached hydrogen (secondary N) is 1. The van der Waals surface area contributed by atoms with E-state index in [1.54, 1.807) is 12.5 Å². The van der Waals surface area contributed by atoms with Crippen LogP contribution in [0.5, 0.6) is 0 Å².